The molecule has 0 bridgehead atoms. The largest absolute Gasteiger partial charge is 0.322 e. The van der Waals surface area contributed by atoms with Gasteiger partial charge < -0.3 is 5.32 Å². The van der Waals surface area contributed by atoms with Crippen LogP contribution in [0.2, 0.25) is 5.15 Å². The Morgan fingerprint density at radius 2 is 1.72 bits per heavy atom. The molecular weight excluding hydrogens is 332 g/mol. The lowest BCUT2D eigenvalue weighted by Crippen LogP contribution is -2.14. The van der Waals surface area contributed by atoms with Crippen molar-refractivity contribution in [3.05, 3.63) is 94.8 Å². The van der Waals surface area contributed by atoms with Crippen LogP contribution in [-0.4, -0.2) is 10.9 Å². The summed E-state index contributed by atoms with van der Waals surface area (Å²) in [6, 6.07) is 21.9. The molecule has 0 spiro atoms. The highest BCUT2D eigenvalue weighted by Gasteiger charge is 2.40. The van der Waals surface area contributed by atoms with Gasteiger partial charge in [0.15, 0.2) is 0 Å². The van der Waals surface area contributed by atoms with Crippen molar-refractivity contribution in [3.8, 4) is 0 Å². The molecule has 3 nitrogen and oxygen atoms in total. The third kappa shape index (κ3) is 3.28. The van der Waals surface area contributed by atoms with Crippen LogP contribution >= 0.6 is 11.6 Å². The van der Waals surface area contributed by atoms with E-state index in [1.54, 1.807) is 18.3 Å². The first-order chi connectivity index (χ1) is 12.2. The number of anilines is 1. The monoisotopic (exact) mass is 348 g/mol. The molecule has 124 valence electrons. The number of rotatable bonds is 4. The molecule has 1 fully saturated rings. The van der Waals surface area contributed by atoms with Gasteiger partial charge in [0.1, 0.15) is 5.15 Å². The van der Waals surface area contributed by atoms with Crippen molar-refractivity contribution in [2.75, 3.05) is 5.32 Å². The molecule has 2 atom stereocenters. The van der Waals surface area contributed by atoms with Crippen molar-refractivity contribution in [1.29, 1.82) is 0 Å². The average molecular weight is 349 g/mol. The van der Waals surface area contributed by atoms with Crippen molar-refractivity contribution in [2.24, 2.45) is 0 Å². The van der Waals surface area contributed by atoms with Gasteiger partial charge in [-0.05, 0) is 47.6 Å². The van der Waals surface area contributed by atoms with Crippen LogP contribution in [0.4, 0.5) is 5.69 Å². The van der Waals surface area contributed by atoms with Gasteiger partial charge in [-0.1, -0.05) is 60.1 Å². The summed E-state index contributed by atoms with van der Waals surface area (Å²) in [6.45, 7) is 0. The Labute approximate surface area is 151 Å². The van der Waals surface area contributed by atoms with Crippen LogP contribution in [0.1, 0.15) is 39.7 Å². The summed E-state index contributed by atoms with van der Waals surface area (Å²) < 4.78 is 0. The molecule has 1 aliphatic carbocycles. The first kappa shape index (κ1) is 15.9. The topological polar surface area (TPSA) is 42.0 Å². The highest BCUT2D eigenvalue weighted by Crippen LogP contribution is 2.56. The molecule has 0 saturated heterocycles. The summed E-state index contributed by atoms with van der Waals surface area (Å²) in [4.78, 5) is 16.5. The molecule has 1 aliphatic rings. The quantitative estimate of drug-likeness (QED) is 0.653. The molecule has 1 saturated carbocycles. The van der Waals surface area contributed by atoms with E-state index >= 15 is 0 Å². The number of nitrogens with zero attached hydrogens (tertiary/aromatic N) is 1. The zero-order valence-electron chi connectivity index (χ0n) is 13.5. The van der Waals surface area contributed by atoms with Gasteiger partial charge in [0.25, 0.3) is 5.91 Å². The summed E-state index contributed by atoms with van der Waals surface area (Å²) in [7, 11) is 0. The number of pyridine rings is 1. The maximum Gasteiger partial charge on any atom is 0.258 e. The molecule has 0 aliphatic heterocycles. The summed E-state index contributed by atoms with van der Waals surface area (Å²) in [5.41, 5.74) is 3.75. The highest BCUT2D eigenvalue weighted by atomic mass is 35.5. The molecule has 1 amide bonds. The first-order valence-electron chi connectivity index (χ1n) is 8.30. The minimum Gasteiger partial charge on any atom is -0.322 e. The van der Waals surface area contributed by atoms with Crippen molar-refractivity contribution < 1.29 is 4.79 Å². The molecule has 4 heteroatoms. The van der Waals surface area contributed by atoms with E-state index in [1.807, 2.05) is 24.3 Å². The predicted octanol–water partition coefficient (Wildman–Crippen LogP) is 5.26. The minimum atomic E-state index is -0.234. The summed E-state index contributed by atoms with van der Waals surface area (Å²) in [5, 5.41) is 3.21. The van der Waals surface area contributed by atoms with E-state index in [0.29, 0.717) is 17.4 Å². The van der Waals surface area contributed by atoms with Gasteiger partial charge in [-0.3, -0.25) is 4.79 Å². The number of halogens is 1. The van der Waals surface area contributed by atoms with E-state index in [0.717, 1.165) is 12.1 Å². The number of para-hydroxylation sites is 1. The maximum atomic E-state index is 12.5. The molecule has 3 aromatic rings. The van der Waals surface area contributed by atoms with Crippen LogP contribution in [0.15, 0.2) is 72.9 Å². The molecule has 2 aromatic carbocycles. The second-order valence-electron chi connectivity index (χ2n) is 6.24. The van der Waals surface area contributed by atoms with Crippen molar-refractivity contribution in [1.82, 2.24) is 4.98 Å². The second kappa shape index (κ2) is 6.69. The lowest BCUT2D eigenvalue weighted by molar-refractivity contribution is 0.102. The summed E-state index contributed by atoms with van der Waals surface area (Å²) >= 11 is 6.03. The molecule has 1 N–H and O–H groups in total. The Balaban J connectivity index is 1.57. The van der Waals surface area contributed by atoms with E-state index in [9.17, 15) is 4.79 Å². The fourth-order valence-corrected chi connectivity index (χ4v) is 3.49. The number of amides is 1. The van der Waals surface area contributed by atoms with Crippen molar-refractivity contribution >= 4 is 23.2 Å². The lowest BCUT2D eigenvalue weighted by Gasteiger charge is -2.11. The van der Waals surface area contributed by atoms with E-state index in [-0.39, 0.29) is 11.1 Å². The zero-order chi connectivity index (χ0) is 17.2. The fraction of sp³-hybridized carbons (Fsp3) is 0.143. The van der Waals surface area contributed by atoms with Gasteiger partial charge in [0, 0.05) is 11.9 Å². The number of carbonyl (C=O) groups is 1. The lowest BCUT2D eigenvalue weighted by atomic mass is 10.0. The number of carbonyl (C=O) groups excluding carboxylic acids is 1. The third-order valence-corrected chi connectivity index (χ3v) is 4.93. The number of nitrogens with one attached hydrogen (secondary N) is 1. The Morgan fingerprint density at radius 3 is 2.52 bits per heavy atom. The molecular formula is C21H17ClN2O. The van der Waals surface area contributed by atoms with E-state index in [2.05, 4.69) is 40.6 Å². The van der Waals surface area contributed by atoms with Crippen LogP contribution in [0.3, 0.4) is 0 Å². The van der Waals surface area contributed by atoms with Gasteiger partial charge in [-0.15, -0.1) is 0 Å². The van der Waals surface area contributed by atoms with Crippen molar-refractivity contribution in [2.45, 2.75) is 18.3 Å². The molecule has 1 heterocycles. The van der Waals surface area contributed by atoms with Crippen LogP contribution in [0, 0.1) is 0 Å². The van der Waals surface area contributed by atoms with E-state index < -0.39 is 0 Å². The minimum absolute atomic E-state index is 0.214. The van der Waals surface area contributed by atoms with Gasteiger partial charge in [0.2, 0.25) is 0 Å². The predicted molar refractivity (Wildman–Crippen MR) is 100 cm³/mol. The normalized spacial score (nSPS) is 18.6. The third-order valence-electron chi connectivity index (χ3n) is 4.63. The SMILES string of the molecule is O=C(Nc1ccccc1C1CC1c1ccccc1)c1cccnc1Cl. The fourth-order valence-electron chi connectivity index (χ4n) is 3.29. The van der Waals surface area contributed by atoms with E-state index in [4.69, 9.17) is 11.6 Å². The average Bonchev–Trinajstić information content (AvgIpc) is 3.44. The highest BCUT2D eigenvalue weighted by molar-refractivity contribution is 6.33. The Hall–Kier alpha value is -2.65. The summed E-state index contributed by atoms with van der Waals surface area (Å²) in [6.07, 6.45) is 2.67. The summed E-state index contributed by atoms with van der Waals surface area (Å²) in [5.74, 6) is 0.715. The molecule has 4 rings (SSSR count). The molecule has 2 unspecified atom stereocenters. The molecule has 25 heavy (non-hydrogen) atoms. The maximum absolute atomic E-state index is 12.5. The first-order valence-corrected chi connectivity index (χ1v) is 8.67. The van der Waals surface area contributed by atoms with E-state index in [1.165, 1.54) is 11.1 Å². The number of hydrogen-bond acceptors (Lipinski definition) is 2. The number of aromatic nitrogens is 1. The number of hydrogen-bond donors (Lipinski definition) is 1. The Kier molecular flexibility index (Phi) is 4.24. The Bertz CT molecular complexity index is 911. The second-order valence-corrected chi connectivity index (χ2v) is 6.60. The zero-order valence-corrected chi connectivity index (χ0v) is 14.3. The van der Waals surface area contributed by atoms with Gasteiger partial charge in [0.05, 0.1) is 5.56 Å². The molecule has 0 radical (unpaired) electrons. The number of benzene rings is 2. The molecule has 1 aromatic heterocycles. The van der Waals surface area contributed by atoms with Crippen LogP contribution < -0.4 is 5.32 Å². The standard InChI is InChI=1S/C21H17ClN2O/c22-20-16(10-6-12-23-20)21(25)24-19-11-5-4-9-15(19)18-13-17(18)14-7-2-1-3-8-14/h1-12,17-18H,13H2,(H,24,25). The van der Waals surface area contributed by atoms with Gasteiger partial charge in [-0.25, -0.2) is 4.98 Å². The van der Waals surface area contributed by atoms with Crippen LogP contribution in [0.25, 0.3) is 0 Å². The van der Waals surface area contributed by atoms with Crippen molar-refractivity contribution in [3.63, 3.8) is 0 Å². The van der Waals surface area contributed by atoms with Crippen LogP contribution in [0.5, 0.6) is 0 Å². The smallest absolute Gasteiger partial charge is 0.258 e. The Morgan fingerprint density at radius 1 is 0.960 bits per heavy atom. The van der Waals surface area contributed by atoms with Gasteiger partial charge in [-0.2, -0.15) is 0 Å². The van der Waals surface area contributed by atoms with Crippen LogP contribution in [-0.2, 0) is 0 Å². The van der Waals surface area contributed by atoms with Gasteiger partial charge >= 0.3 is 0 Å².